The Balaban J connectivity index is 2.09. The minimum absolute atomic E-state index is 0.0234. The van der Waals surface area contributed by atoms with E-state index in [0.29, 0.717) is 0 Å². The van der Waals surface area contributed by atoms with E-state index in [1.807, 2.05) is 36.4 Å². The third-order valence-electron chi connectivity index (χ3n) is 3.27. The summed E-state index contributed by atoms with van der Waals surface area (Å²) in [5.41, 5.74) is 0.0234. The molecule has 0 amide bonds. The molecule has 0 aliphatic rings. The van der Waals surface area contributed by atoms with Crippen molar-refractivity contribution in [3.8, 4) is 5.75 Å². The van der Waals surface area contributed by atoms with Gasteiger partial charge in [0.15, 0.2) is 5.78 Å². The lowest BCUT2D eigenvalue weighted by molar-refractivity contribution is 0.0922. The molecule has 1 aromatic heterocycles. The average Bonchev–Trinajstić information content (AvgIpc) is 2.94. The molecule has 2 aromatic rings. The van der Waals surface area contributed by atoms with E-state index >= 15 is 0 Å². The van der Waals surface area contributed by atoms with Crippen molar-refractivity contribution in [1.29, 1.82) is 0 Å². The zero-order valence-corrected chi connectivity index (χ0v) is 12.2. The molecular formula is C15H16FNO2S. The third kappa shape index (κ3) is 3.23. The summed E-state index contributed by atoms with van der Waals surface area (Å²) in [4.78, 5) is 15.2. The predicted molar refractivity (Wildman–Crippen MR) is 77.8 cm³/mol. The summed E-state index contributed by atoms with van der Waals surface area (Å²) in [7, 11) is 1.83. The van der Waals surface area contributed by atoms with Gasteiger partial charge >= 0.3 is 0 Å². The fraction of sp³-hybridized carbons (Fsp3) is 0.267. The van der Waals surface area contributed by atoms with Gasteiger partial charge in [-0.1, -0.05) is 6.07 Å². The number of thiophene rings is 1. The largest absolute Gasteiger partial charge is 0.507 e. The van der Waals surface area contributed by atoms with Crippen LogP contribution in [0, 0.1) is 5.82 Å². The van der Waals surface area contributed by atoms with Crippen LogP contribution in [-0.4, -0.2) is 29.4 Å². The molecule has 20 heavy (non-hydrogen) atoms. The number of hydrogen-bond donors (Lipinski definition) is 1. The molecule has 0 aliphatic heterocycles. The van der Waals surface area contributed by atoms with Crippen LogP contribution in [0.25, 0.3) is 0 Å². The highest BCUT2D eigenvalue weighted by molar-refractivity contribution is 7.10. The molecule has 5 heteroatoms. The Hall–Kier alpha value is -1.72. The molecule has 1 unspecified atom stereocenters. The van der Waals surface area contributed by atoms with Crippen molar-refractivity contribution >= 4 is 17.1 Å². The number of ketones is 1. The molecule has 0 saturated heterocycles. The van der Waals surface area contributed by atoms with Gasteiger partial charge in [0.2, 0.25) is 0 Å². The maximum Gasteiger partial charge on any atom is 0.180 e. The summed E-state index contributed by atoms with van der Waals surface area (Å²) >= 11 is 1.63. The van der Waals surface area contributed by atoms with E-state index in [-0.39, 0.29) is 29.7 Å². The number of nitrogens with zero attached hydrogens (tertiary/aromatic N) is 1. The van der Waals surface area contributed by atoms with Gasteiger partial charge in [0.1, 0.15) is 11.6 Å². The second-order valence-electron chi connectivity index (χ2n) is 4.69. The summed E-state index contributed by atoms with van der Waals surface area (Å²) < 4.78 is 13.2. The molecule has 1 aromatic carbocycles. The van der Waals surface area contributed by atoms with Gasteiger partial charge in [-0.3, -0.25) is 9.69 Å². The van der Waals surface area contributed by atoms with Crippen molar-refractivity contribution in [2.24, 2.45) is 0 Å². The van der Waals surface area contributed by atoms with Gasteiger partial charge in [0, 0.05) is 10.9 Å². The average molecular weight is 293 g/mol. The molecule has 0 spiro atoms. The number of hydrogen-bond acceptors (Lipinski definition) is 4. The molecule has 0 aliphatic carbocycles. The number of phenolic OH excluding ortho intramolecular Hbond substituents is 1. The van der Waals surface area contributed by atoms with Gasteiger partial charge in [0.05, 0.1) is 12.1 Å². The minimum Gasteiger partial charge on any atom is -0.507 e. The number of likely N-dealkylation sites (N-methyl/N-ethyl adjacent to an activating group) is 1. The van der Waals surface area contributed by atoms with E-state index in [1.165, 1.54) is 6.07 Å². The molecular weight excluding hydrogens is 277 g/mol. The Morgan fingerprint density at radius 1 is 1.45 bits per heavy atom. The van der Waals surface area contributed by atoms with E-state index in [4.69, 9.17) is 0 Å². The first-order valence-corrected chi connectivity index (χ1v) is 7.12. The van der Waals surface area contributed by atoms with Gasteiger partial charge in [-0.25, -0.2) is 4.39 Å². The molecule has 0 fully saturated rings. The molecule has 0 radical (unpaired) electrons. The van der Waals surface area contributed by atoms with E-state index in [0.717, 1.165) is 17.0 Å². The van der Waals surface area contributed by atoms with Crippen molar-refractivity contribution in [1.82, 2.24) is 4.90 Å². The Bertz CT molecular complexity index is 598. The lowest BCUT2D eigenvalue weighted by atomic mass is 10.1. The summed E-state index contributed by atoms with van der Waals surface area (Å²) in [5, 5.41) is 11.6. The molecule has 2 rings (SSSR count). The topological polar surface area (TPSA) is 40.5 Å². The summed E-state index contributed by atoms with van der Waals surface area (Å²) in [6, 6.07) is 7.46. The van der Waals surface area contributed by atoms with Crippen LogP contribution in [0.4, 0.5) is 4.39 Å². The maximum atomic E-state index is 13.2. The van der Waals surface area contributed by atoms with Crippen LogP contribution in [-0.2, 0) is 0 Å². The van der Waals surface area contributed by atoms with Crippen molar-refractivity contribution in [2.45, 2.75) is 13.0 Å². The molecule has 1 N–H and O–H groups in total. The standard InChI is InChI=1S/C15H16FNO2S/c1-10(15-4-3-7-20-15)17(2)9-14(19)12-8-11(16)5-6-13(12)18/h3-8,10,18H,9H2,1-2H3. The number of rotatable bonds is 5. The van der Waals surface area contributed by atoms with E-state index < -0.39 is 5.82 Å². The zero-order valence-electron chi connectivity index (χ0n) is 11.3. The van der Waals surface area contributed by atoms with Crippen LogP contribution in [0.3, 0.4) is 0 Å². The first-order valence-electron chi connectivity index (χ1n) is 6.24. The minimum atomic E-state index is -0.528. The second kappa shape index (κ2) is 6.15. The molecule has 0 bridgehead atoms. The van der Waals surface area contributed by atoms with Crippen molar-refractivity contribution < 1.29 is 14.3 Å². The Labute approximate surface area is 121 Å². The van der Waals surface area contributed by atoms with Gasteiger partial charge in [-0.05, 0) is 43.6 Å². The highest BCUT2D eigenvalue weighted by Gasteiger charge is 2.19. The van der Waals surface area contributed by atoms with Crippen LogP contribution in [0.2, 0.25) is 0 Å². The fourth-order valence-electron chi connectivity index (χ4n) is 1.93. The van der Waals surface area contributed by atoms with Gasteiger partial charge in [-0.15, -0.1) is 11.3 Å². The number of aromatic hydroxyl groups is 1. The Morgan fingerprint density at radius 2 is 2.20 bits per heavy atom. The first kappa shape index (κ1) is 14.7. The summed E-state index contributed by atoms with van der Waals surface area (Å²) in [6.07, 6.45) is 0. The first-order chi connectivity index (χ1) is 9.49. The number of halogens is 1. The van der Waals surface area contributed by atoms with Crippen LogP contribution in [0.15, 0.2) is 35.7 Å². The van der Waals surface area contributed by atoms with Gasteiger partial charge in [0.25, 0.3) is 0 Å². The number of carbonyl (C=O) groups is 1. The Kier molecular flexibility index (Phi) is 4.52. The number of carbonyl (C=O) groups excluding carboxylic acids is 1. The van der Waals surface area contributed by atoms with E-state index in [1.54, 1.807) is 11.3 Å². The predicted octanol–water partition coefficient (Wildman–Crippen LogP) is 3.47. The highest BCUT2D eigenvalue weighted by Crippen LogP contribution is 2.24. The molecule has 3 nitrogen and oxygen atoms in total. The smallest absolute Gasteiger partial charge is 0.180 e. The van der Waals surface area contributed by atoms with Gasteiger partial charge < -0.3 is 5.11 Å². The lowest BCUT2D eigenvalue weighted by Crippen LogP contribution is -2.28. The summed E-state index contributed by atoms with van der Waals surface area (Å²) in [5.74, 6) is -1.01. The van der Waals surface area contributed by atoms with E-state index in [2.05, 4.69) is 0 Å². The molecule has 0 saturated carbocycles. The molecule has 106 valence electrons. The SMILES string of the molecule is CC(c1cccs1)N(C)CC(=O)c1cc(F)ccc1O. The van der Waals surface area contributed by atoms with Gasteiger partial charge in [-0.2, -0.15) is 0 Å². The number of benzene rings is 1. The monoisotopic (exact) mass is 293 g/mol. The fourth-order valence-corrected chi connectivity index (χ4v) is 2.77. The van der Waals surface area contributed by atoms with Crippen LogP contribution >= 0.6 is 11.3 Å². The zero-order chi connectivity index (χ0) is 14.7. The summed E-state index contributed by atoms with van der Waals surface area (Å²) in [6.45, 7) is 2.13. The second-order valence-corrected chi connectivity index (χ2v) is 5.67. The van der Waals surface area contributed by atoms with Crippen molar-refractivity contribution in [3.63, 3.8) is 0 Å². The van der Waals surface area contributed by atoms with Crippen LogP contribution in [0.5, 0.6) is 5.75 Å². The van der Waals surface area contributed by atoms with Crippen LogP contribution < -0.4 is 0 Å². The highest BCUT2D eigenvalue weighted by atomic mass is 32.1. The Morgan fingerprint density at radius 3 is 2.85 bits per heavy atom. The van der Waals surface area contributed by atoms with E-state index in [9.17, 15) is 14.3 Å². The van der Waals surface area contributed by atoms with Crippen molar-refractivity contribution in [3.05, 3.63) is 52.0 Å². The van der Waals surface area contributed by atoms with Crippen molar-refractivity contribution in [2.75, 3.05) is 13.6 Å². The quantitative estimate of drug-likeness (QED) is 0.858. The molecule has 1 heterocycles. The maximum absolute atomic E-state index is 13.2. The molecule has 1 atom stereocenters. The third-order valence-corrected chi connectivity index (χ3v) is 4.31. The number of Topliss-reactive ketones (excluding diaryl/α,β-unsaturated/α-hetero) is 1. The number of phenols is 1. The lowest BCUT2D eigenvalue weighted by Gasteiger charge is -2.23. The van der Waals surface area contributed by atoms with Crippen LogP contribution in [0.1, 0.15) is 28.2 Å². The normalized spacial score (nSPS) is 12.6.